The van der Waals surface area contributed by atoms with Gasteiger partial charge in [0, 0.05) is 19.2 Å². The van der Waals surface area contributed by atoms with Crippen LogP contribution in [0.15, 0.2) is 45.6 Å². The number of rotatable bonds is 4. The molecule has 0 saturated heterocycles. The van der Waals surface area contributed by atoms with E-state index in [4.69, 9.17) is 4.42 Å². The second kappa shape index (κ2) is 6.27. The van der Waals surface area contributed by atoms with Gasteiger partial charge in [-0.05, 0) is 42.3 Å². The van der Waals surface area contributed by atoms with Gasteiger partial charge < -0.3 is 9.73 Å². The normalized spacial score (nSPS) is 11.0. The Balaban J connectivity index is 1.65. The zero-order valence-corrected chi connectivity index (χ0v) is 12.8. The maximum absolute atomic E-state index is 13.1. The van der Waals surface area contributed by atoms with Gasteiger partial charge in [-0.1, -0.05) is 6.07 Å². The number of amides is 1. The third-order valence-electron chi connectivity index (χ3n) is 3.74. The van der Waals surface area contributed by atoms with Crippen molar-refractivity contribution < 1.29 is 18.0 Å². The third-order valence-corrected chi connectivity index (χ3v) is 3.74. The first-order valence-corrected chi connectivity index (χ1v) is 7.27. The highest BCUT2D eigenvalue weighted by Gasteiger charge is 2.10. The zero-order valence-electron chi connectivity index (χ0n) is 12.8. The lowest BCUT2D eigenvalue weighted by atomic mass is 10.1. The number of oxazole rings is 1. The number of hydrogen-bond acceptors (Lipinski definition) is 3. The Morgan fingerprint density at radius 3 is 2.71 bits per heavy atom. The van der Waals surface area contributed by atoms with E-state index in [2.05, 4.69) is 5.32 Å². The molecule has 124 valence electrons. The molecule has 0 bridgehead atoms. The number of carbonyl (C=O) groups excluding carboxylic acids is 1. The van der Waals surface area contributed by atoms with Gasteiger partial charge in [-0.3, -0.25) is 9.36 Å². The Labute approximate surface area is 135 Å². The summed E-state index contributed by atoms with van der Waals surface area (Å²) in [5, 5.41) is 2.64. The Morgan fingerprint density at radius 2 is 1.96 bits per heavy atom. The van der Waals surface area contributed by atoms with E-state index in [1.807, 2.05) is 6.07 Å². The van der Waals surface area contributed by atoms with Crippen LogP contribution in [0.25, 0.3) is 11.1 Å². The van der Waals surface area contributed by atoms with Gasteiger partial charge in [0.25, 0.3) is 5.91 Å². The lowest BCUT2D eigenvalue weighted by molar-refractivity contribution is 0.0953. The van der Waals surface area contributed by atoms with Crippen molar-refractivity contribution in [1.82, 2.24) is 9.88 Å². The molecule has 3 aromatic rings. The summed E-state index contributed by atoms with van der Waals surface area (Å²) < 4.78 is 32.4. The van der Waals surface area contributed by atoms with Crippen LogP contribution in [0.3, 0.4) is 0 Å². The van der Waals surface area contributed by atoms with Gasteiger partial charge in [-0.15, -0.1) is 0 Å². The van der Waals surface area contributed by atoms with Crippen molar-refractivity contribution in [2.45, 2.75) is 6.42 Å². The first kappa shape index (κ1) is 15.9. The van der Waals surface area contributed by atoms with Crippen LogP contribution in [-0.2, 0) is 13.5 Å². The average Bonchev–Trinajstić information content (AvgIpc) is 2.84. The fourth-order valence-electron chi connectivity index (χ4n) is 2.39. The Morgan fingerprint density at radius 1 is 1.17 bits per heavy atom. The summed E-state index contributed by atoms with van der Waals surface area (Å²) in [4.78, 5) is 23.4. The first-order valence-electron chi connectivity index (χ1n) is 7.27. The van der Waals surface area contributed by atoms with Crippen LogP contribution in [0, 0.1) is 11.6 Å². The number of benzene rings is 2. The van der Waals surface area contributed by atoms with Crippen molar-refractivity contribution in [3.05, 3.63) is 69.7 Å². The topological polar surface area (TPSA) is 64.2 Å². The molecule has 1 aromatic heterocycles. The molecule has 0 spiro atoms. The summed E-state index contributed by atoms with van der Waals surface area (Å²) in [6, 6.07) is 8.30. The Kier molecular flexibility index (Phi) is 4.16. The van der Waals surface area contributed by atoms with Crippen molar-refractivity contribution >= 4 is 17.0 Å². The predicted octanol–water partition coefficient (Wildman–Crippen LogP) is 2.38. The molecule has 5 nitrogen and oxygen atoms in total. The summed E-state index contributed by atoms with van der Waals surface area (Å²) >= 11 is 0. The van der Waals surface area contributed by atoms with Gasteiger partial charge >= 0.3 is 5.76 Å². The second-order valence-electron chi connectivity index (χ2n) is 5.36. The number of carbonyl (C=O) groups is 1. The maximum atomic E-state index is 13.1. The molecule has 7 heteroatoms. The van der Waals surface area contributed by atoms with Crippen LogP contribution in [0.2, 0.25) is 0 Å². The molecular weight excluding hydrogens is 318 g/mol. The SMILES string of the molecule is Cn1c(=O)oc2ccc(CCNC(=O)c3ccc(F)c(F)c3)cc21. The van der Waals surface area contributed by atoms with E-state index >= 15 is 0 Å². The zero-order chi connectivity index (χ0) is 17.3. The maximum Gasteiger partial charge on any atom is 0.419 e. The number of hydrogen-bond donors (Lipinski definition) is 1. The molecule has 0 radical (unpaired) electrons. The molecule has 0 aliphatic heterocycles. The Bertz CT molecular complexity index is 976. The largest absolute Gasteiger partial charge is 0.419 e. The lowest BCUT2D eigenvalue weighted by Crippen LogP contribution is -2.25. The molecule has 3 rings (SSSR count). The molecule has 0 aliphatic carbocycles. The molecule has 0 saturated carbocycles. The minimum absolute atomic E-state index is 0.0570. The number of halogens is 2. The molecule has 2 aromatic carbocycles. The number of fused-ring (bicyclic) bond motifs is 1. The second-order valence-corrected chi connectivity index (χ2v) is 5.36. The minimum Gasteiger partial charge on any atom is -0.408 e. The van der Waals surface area contributed by atoms with Crippen molar-refractivity contribution in [3.8, 4) is 0 Å². The Hall–Kier alpha value is -2.96. The van der Waals surface area contributed by atoms with Gasteiger partial charge in [0.1, 0.15) is 0 Å². The summed E-state index contributed by atoms with van der Waals surface area (Å²) in [5.41, 5.74) is 2.13. The van der Waals surface area contributed by atoms with Gasteiger partial charge in [-0.2, -0.15) is 0 Å². The smallest absolute Gasteiger partial charge is 0.408 e. The van der Waals surface area contributed by atoms with E-state index in [9.17, 15) is 18.4 Å². The van der Waals surface area contributed by atoms with E-state index in [0.717, 1.165) is 17.7 Å². The minimum atomic E-state index is -1.06. The van der Waals surface area contributed by atoms with Gasteiger partial charge in [0.05, 0.1) is 5.52 Å². The number of nitrogens with zero attached hydrogens (tertiary/aromatic N) is 1. The van der Waals surface area contributed by atoms with E-state index in [1.54, 1.807) is 19.2 Å². The van der Waals surface area contributed by atoms with Crippen LogP contribution < -0.4 is 11.1 Å². The molecule has 1 heterocycles. The fourth-order valence-corrected chi connectivity index (χ4v) is 2.39. The van der Waals surface area contributed by atoms with E-state index in [0.29, 0.717) is 24.1 Å². The van der Waals surface area contributed by atoms with Crippen molar-refractivity contribution in [1.29, 1.82) is 0 Å². The highest BCUT2D eigenvalue weighted by Crippen LogP contribution is 2.14. The molecule has 0 fully saturated rings. The molecule has 0 unspecified atom stereocenters. The molecule has 1 N–H and O–H groups in total. The van der Waals surface area contributed by atoms with Gasteiger partial charge in [0.2, 0.25) is 0 Å². The predicted molar refractivity (Wildman–Crippen MR) is 83.9 cm³/mol. The van der Waals surface area contributed by atoms with E-state index < -0.39 is 23.3 Å². The molecular formula is C17H14F2N2O3. The third kappa shape index (κ3) is 3.05. The summed E-state index contributed by atoms with van der Waals surface area (Å²) in [5.74, 6) is -2.97. The average molecular weight is 332 g/mol. The highest BCUT2D eigenvalue weighted by molar-refractivity contribution is 5.94. The van der Waals surface area contributed by atoms with Crippen LogP contribution in [0.5, 0.6) is 0 Å². The summed E-state index contributed by atoms with van der Waals surface area (Å²) in [6.07, 6.45) is 0.519. The monoisotopic (exact) mass is 332 g/mol. The van der Waals surface area contributed by atoms with Crippen molar-refractivity contribution in [2.24, 2.45) is 7.05 Å². The quantitative estimate of drug-likeness (QED) is 0.798. The van der Waals surface area contributed by atoms with Crippen molar-refractivity contribution in [3.63, 3.8) is 0 Å². The van der Waals surface area contributed by atoms with Gasteiger partial charge in [-0.25, -0.2) is 13.6 Å². The summed E-state index contributed by atoms with van der Waals surface area (Å²) in [6.45, 7) is 0.315. The van der Waals surface area contributed by atoms with Crippen LogP contribution >= 0.6 is 0 Å². The lowest BCUT2D eigenvalue weighted by Gasteiger charge is -2.06. The van der Waals surface area contributed by atoms with Crippen LogP contribution in [0.1, 0.15) is 15.9 Å². The van der Waals surface area contributed by atoms with Gasteiger partial charge in [0.15, 0.2) is 17.2 Å². The fraction of sp³-hybridized carbons (Fsp3) is 0.176. The van der Waals surface area contributed by atoms with Crippen molar-refractivity contribution in [2.75, 3.05) is 6.54 Å². The number of nitrogens with one attached hydrogen (secondary N) is 1. The van der Waals surface area contributed by atoms with Crippen LogP contribution in [-0.4, -0.2) is 17.0 Å². The molecule has 0 atom stereocenters. The molecule has 0 aliphatic rings. The number of aromatic nitrogens is 1. The molecule has 24 heavy (non-hydrogen) atoms. The number of aryl methyl sites for hydroxylation is 1. The van der Waals surface area contributed by atoms with Crippen LogP contribution in [0.4, 0.5) is 8.78 Å². The standard InChI is InChI=1S/C17H14F2N2O3/c1-21-14-8-10(2-5-15(14)24-17(21)23)6-7-20-16(22)11-3-4-12(18)13(19)9-11/h2-5,8-9H,6-7H2,1H3,(H,20,22). The van der Waals surface area contributed by atoms with E-state index in [-0.39, 0.29) is 5.56 Å². The van der Waals surface area contributed by atoms with E-state index in [1.165, 1.54) is 10.6 Å². The first-order chi connectivity index (χ1) is 11.5. The highest BCUT2D eigenvalue weighted by atomic mass is 19.2. The summed E-state index contributed by atoms with van der Waals surface area (Å²) in [7, 11) is 1.61. The molecule has 1 amide bonds.